The highest BCUT2D eigenvalue weighted by Gasteiger charge is 2.18. The van der Waals surface area contributed by atoms with Gasteiger partial charge in [0.1, 0.15) is 0 Å². The zero-order chi connectivity index (χ0) is 14.7. The van der Waals surface area contributed by atoms with Gasteiger partial charge in [0, 0.05) is 0 Å². The minimum atomic E-state index is -0.468. The Hall–Kier alpha value is -1.59. The molecule has 1 N–H and O–H groups in total. The molecular weight excluding hydrogens is 296 g/mol. The van der Waals surface area contributed by atoms with Gasteiger partial charge >= 0.3 is 5.97 Å². The van der Waals surface area contributed by atoms with Crippen LogP contribution in [0.2, 0.25) is 5.15 Å². The molecule has 4 nitrogen and oxygen atoms in total. The molecule has 0 saturated carbocycles. The van der Waals surface area contributed by atoms with E-state index in [1.807, 2.05) is 19.1 Å². The standard InChI is InChI=1S/C14H15ClN2O2S/c1-8-6-4-5-7-10(8)9(2)16-14-17-12(15)11(20-14)13(18)19-3/h4-7,9H,1-3H3,(H,16,17). The van der Waals surface area contributed by atoms with E-state index in [4.69, 9.17) is 11.6 Å². The number of esters is 1. The normalized spacial score (nSPS) is 12.0. The highest BCUT2D eigenvalue weighted by Crippen LogP contribution is 2.30. The lowest BCUT2D eigenvalue weighted by atomic mass is 10.0. The van der Waals surface area contributed by atoms with E-state index in [9.17, 15) is 4.79 Å². The van der Waals surface area contributed by atoms with Crippen LogP contribution in [-0.4, -0.2) is 18.1 Å². The number of nitrogens with one attached hydrogen (secondary N) is 1. The molecular formula is C14H15ClN2O2S. The number of carbonyl (C=O) groups is 1. The summed E-state index contributed by atoms with van der Waals surface area (Å²) in [7, 11) is 1.32. The number of halogens is 1. The third kappa shape index (κ3) is 3.11. The number of methoxy groups -OCH3 is 1. The Morgan fingerprint density at radius 1 is 1.45 bits per heavy atom. The van der Waals surface area contributed by atoms with Crippen LogP contribution in [0.3, 0.4) is 0 Å². The molecule has 1 heterocycles. The average molecular weight is 311 g/mol. The number of benzene rings is 1. The number of aryl methyl sites for hydroxylation is 1. The Labute approximate surface area is 126 Å². The van der Waals surface area contributed by atoms with Gasteiger partial charge in [-0.05, 0) is 25.0 Å². The predicted octanol–water partition coefficient (Wildman–Crippen LogP) is 4.06. The van der Waals surface area contributed by atoms with E-state index in [-0.39, 0.29) is 11.2 Å². The molecule has 0 aliphatic carbocycles. The van der Waals surface area contributed by atoms with Gasteiger partial charge in [-0.15, -0.1) is 0 Å². The SMILES string of the molecule is COC(=O)c1sc(NC(C)c2ccccc2C)nc1Cl. The molecule has 1 unspecified atom stereocenters. The van der Waals surface area contributed by atoms with Gasteiger partial charge < -0.3 is 10.1 Å². The summed E-state index contributed by atoms with van der Waals surface area (Å²) < 4.78 is 4.66. The first-order chi connectivity index (χ1) is 9.52. The van der Waals surface area contributed by atoms with E-state index in [0.29, 0.717) is 10.0 Å². The number of hydrogen-bond donors (Lipinski definition) is 1. The van der Waals surface area contributed by atoms with Gasteiger partial charge in [0.2, 0.25) is 0 Å². The maximum Gasteiger partial charge on any atom is 0.351 e. The van der Waals surface area contributed by atoms with Gasteiger partial charge in [0.05, 0.1) is 13.2 Å². The second-order valence-corrected chi connectivity index (χ2v) is 5.71. The van der Waals surface area contributed by atoms with Crippen molar-refractivity contribution in [3.63, 3.8) is 0 Å². The second-order valence-electron chi connectivity index (χ2n) is 4.35. The zero-order valence-corrected chi connectivity index (χ0v) is 13.0. The summed E-state index contributed by atoms with van der Waals surface area (Å²) in [6, 6.07) is 8.19. The summed E-state index contributed by atoms with van der Waals surface area (Å²) in [6.07, 6.45) is 0. The molecule has 1 aromatic carbocycles. The fraction of sp³-hybridized carbons (Fsp3) is 0.286. The molecule has 0 fully saturated rings. The highest BCUT2D eigenvalue weighted by molar-refractivity contribution is 7.18. The quantitative estimate of drug-likeness (QED) is 0.865. The molecule has 0 saturated heterocycles. The van der Waals surface area contributed by atoms with E-state index < -0.39 is 5.97 Å². The van der Waals surface area contributed by atoms with Crippen LogP contribution >= 0.6 is 22.9 Å². The minimum absolute atomic E-state index is 0.0731. The molecule has 0 amide bonds. The first-order valence-corrected chi connectivity index (χ1v) is 7.29. The Balaban J connectivity index is 2.18. The van der Waals surface area contributed by atoms with Gasteiger partial charge in [-0.2, -0.15) is 0 Å². The van der Waals surface area contributed by atoms with Crippen molar-refractivity contribution in [2.75, 3.05) is 12.4 Å². The number of anilines is 1. The Bertz CT molecular complexity index is 627. The van der Waals surface area contributed by atoms with Crippen molar-refractivity contribution >= 4 is 34.0 Å². The number of thiazole rings is 1. The van der Waals surface area contributed by atoms with Crippen LogP contribution < -0.4 is 5.32 Å². The monoisotopic (exact) mass is 310 g/mol. The van der Waals surface area contributed by atoms with Crippen molar-refractivity contribution < 1.29 is 9.53 Å². The van der Waals surface area contributed by atoms with Gasteiger partial charge in [-0.1, -0.05) is 47.2 Å². The largest absolute Gasteiger partial charge is 0.465 e. The highest BCUT2D eigenvalue weighted by atomic mass is 35.5. The number of ether oxygens (including phenoxy) is 1. The van der Waals surface area contributed by atoms with E-state index >= 15 is 0 Å². The third-order valence-electron chi connectivity index (χ3n) is 2.95. The van der Waals surface area contributed by atoms with Gasteiger partial charge in [-0.3, -0.25) is 0 Å². The molecule has 0 aliphatic heterocycles. The lowest BCUT2D eigenvalue weighted by Gasteiger charge is -2.15. The maximum atomic E-state index is 11.5. The zero-order valence-electron chi connectivity index (χ0n) is 11.4. The summed E-state index contributed by atoms with van der Waals surface area (Å²) in [5.74, 6) is -0.468. The number of hydrogen-bond acceptors (Lipinski definition) is 5. The van der Waals surface area contributed by atoms with Crippen LogP contribution in [0, 0.1) is 6.92 Å². The van der Waals surface area contributed by atoms with Crippen molar-refractivity contribution in [2.45, 2.75) is 19.9 Å². The maximum absolute atomic E-state index is 11.5. The molecule has 106 valence electrons. The lowest BCUT2D eigenvalue weighted by molar-refractivity contribution is 0.0606. The summed E-state index contributed by atoms with van der Waals surface area (Å²) in [6.45, 7) is 4.09. The Morgan fingerprint density at radius 3 is 2.80 bits per heavy atom. The van der Waals surface area contributed by atoms with Crippen LogP contribution in [0.5, 0.6) is 0 Å². The first-order valence-electron chi connectivity index (χ1n) is 6.09. The Kier molecular flexibility index (Phi) is 4.62. The minimum Gasteiger partial charge on any atom is -0.465 e. The number of nitrogens with zero attached hydrogens (tertiary/aromatic N) is 1. The molecule has 1 aromatic heterocycles. The molecule has 2 aromatic rings. The number of rotatable bonds is 4. The molecule has 20 heavy (non-hydrogen) atoms. The van der Waals surface area contributed by atoms with Gasteiger partial charge in [0.25, 0.3) is 0 Å². The average Bonchev–Trinajstić information content (AvgIpc) is 2.79. The van der Waals surface area contributed by atoms with Crippen molar-refractivity contribution in [3.8, 4) is 0 Å². The number of carbonyl (C=O) groups excluding carboxylic acids is 1. The first kappa shape index (κ1) is 14.8. The summed E-state index contributed by atoms with van der Waals surface area (Å²) in [5.41, 5.74) is 2.38. The van der Waals surface area contributed by atoms with E-state index in [1.54, 1.807) is 0 Å². The van der Waals surface area contributed by atoms with Crippen LogP contribution in [0.4, 0.5) is 5.13 Å². The van der Waals surface area contributed by atoms with Crippen molar-refractivity contribution in [1.29, 1.82) is 0 Å². The molecule has 1 atom stereocenters. The predicted molar refractivity (Wildman–Crippen MR) is 81.7 cm³/mol. The fourth-order valence-corrected chi connectivity index (χ4v) is 3.11. The second kappa shape index (κ2) is 6.24. The molecule has 0 bridgehead atoms. The van der Waals surface area contributed by atoms with Crippen LogP contribution in [0.15, 0.2) is 24.3 Å². The van der Waals surface area contributed by atoms with E-state index in [1.165, 1.54) is 29.6 Å². The van der Waals surface area contributed by atoms with E-state index in [2.05, 4.69) is 34.1 Å². The molecule has 0 radical (unpaired) electrons. The summed E-state index contributed by atoms with van der Waals surface area (Å²) >= 11 is 7.13. The van der Waals surface area contributed by atoms with Crippen molar-refractivity contribution in [2.24, 2.45) is 0 Å². The van der Waals surface area contributed by atoms with Crippen molar-refractivity contribution in [1.82, 2.24) is 4.98 Å². The molecule has 2 rings (SSSR count). The topological polar surface area (TPSA) is 51.2 Å². The third-order valence-corrected chi connectivity index (χ3v) is 4.30. The van der Waals surface area contributed by atoms with E-state index in [0.717, 1.165) is 0 Å². The van der Waals surface area contributed by atoms with Crippen LogP contribution in [0.1, 0.15) is 33.8 Å². The molecule has 0 aliphatic rings. The fourth-order valence-electron chi connectivity index (χ4n) is 1.92. The van der Waals surface area contributed by atoms with Crippen LogP contribution in [0.25, 0.3) is 0 Å². The summed E-state index contributed by atoms with van der Waals surface area (Å²) in [4.78, 5) is 16.0. The molecule has 0 spiro atoms. The lowest BCUT2D eigenvalue weighted by Crippen LogP contribution is -2.07. The van der Waals surface area contributed by atoms with Gasteiger partial charge in [-0.25, -0.2) is 9.78 Å². The smallest absolute Gasteiger partial charge is 0.351 e. The van der Waals surface area contributed by atoms with Crippen molar-refractivity contribution in [3.05, 3.63) is 45.4 Å². The Morgan fingerprint density at radius 2 is 2.15 bits per heavy atom. The number of aromatic nitrogens is 1. The molecule has 6 heteroatoms. The van der Waals surface area contributed by atoms with Crippen LogP contribution in [-0.2, 0) is 4.74 Å². The summed E-state index contributed by atoms with van der Waals surface area (Å²) in [5, 5.41) is 4.03. The van der Waals surface area contributed by atoms with Gasteiger partial charge in [0.15, 0.2) is 15.2 Å².